The monoisotopic (exact) mass is 467 g/mol. The Balaban J connectivity index is 1.62. The van der Waals surface area contributed by atoms with Crippen LogP contribution in [0.4, 0.5) is 15.8 Å². The second-order valence-electron chi connectivity index (χ2n) is 6.88. The van der Waals surface area contributed by atoms with Gasteiger partial charge < -0.3 is 0 Å². The molecular formula is C23H18FN3O3S2. The van der Waals surface area contributed by atoms with Crippen LogP contribution in [-0.4, -0.2) is 33.2 Å². The molecule has 3 aromatic rings. The molecule has 9 heteroatoms. The van der Waals surface area contributed by atoms with Gasteiger partial charge in [0, 0.05) is 28.8 Å². The first-order chi connectivity index (χ1) is 15.5. The van der Waals surface area contributed by atoms with Gasteiger partial charge in [-0.05, 0) is 55.0 Å². The summed E-state index contributed by atoms with van der Waals surface area (Å²) in [6, 6.07) is 19.5. The van der Waals surface area contributed by atoms with Crippen LogP contribution < -0.4 is 0 Å². The number of aliphatic imine (C=N–C) groups is 1. The number of amidine groups is 1. The number of benzene rings is 3. The molecule has 0 radical (unpaired) electrons. The highest BCUT2D eigenvalue weighted by molar-refractivity contribution is 8.13. The third kappa shape index (κ3) is 5.17. The van der Waals surface area contributed by atoms with Crippen LogP contribution in [0.2, 0.25) is 0 Å². The average Bonchev–Trinajstić information content (AvgIpc) is 2.81. The Labute approximate surface area is 192 Å². The van der Waals surface area contributed by atoms with Crippen LogP contribution in [0, 0.1) is 15.9 Å². The van der Waals surface area contributed by atoms with Gasteiger partial charge in [-0.15, -0.1) is 0 Å². The Morgan fingerprint density at radius 1 is 1.09 bits per heavy atom. The molecular weight excluding hydrogens is 449 g/mol. The number of amides is 1. The molecule has 1 fully saturated rings. The second kappa shape index (κ2) is 9.97. The van der Waals surface area contributed by atoms with E-state index in [1.807, 2.05) is 30.3 Å². The number of rotatable bonds is 5. The molecule has 0 N–H and O–H groups in total. The van der Waals surface area contributed by atoms with E-state index in [4.69, 9.17) is 0 Å². The van der Waals surface area contributed by atoms with Crippen molar-refractivity contribution in [3.63, 3.8) is 0 Å². The van der Waals surface area contributed by atoms with Gasteiger partial charge >= 0.3 is 0 Å². The first-order valence-electron chi connectivity index (χ1n) is 9.81. The fraction of sp³-hybridized carbons (Fsp3) is 0.130. The lowest BCUT2D eigenvalue weighted by atomic mass is 10.1. The first-order valence-corrected chi connectivity index (χ1v) is 11.6. The number of carbonyl (C=O) groups is 1. The maximum Gasteiger partial charge on any atom is 0.284 e. The lowest BCUT2D eigenvalue weighted by molar-refractivity contribution is -0.387. The largest absolute Gasteiger partial charge is 0.287 e. The summed E-state index contributed by atoms with van der Waals surface area (Å²) in [6.45, 7) is 0.497. The number of hydrogen-bond acceptors (Lipinski definition) is 6. The van der Waals surface area contributed by atoms with E-state index in [2.05, 4.69) is 4.99 Å². The molecule has 162 valence electrons. The maximum atomic E-state index is 13.2. The number of nitro groups is 1. The summed E-state index contributed by atoms with van der Waals surface area (Å²) >= 11 is 2.64. The third-order valence-electron chi connectivity index (χ3n) is 4.66. The normalized spacial score (nSPS) is 15.0. The molecule has 0 unspecified atom stereocenters. The highest BCUT2D eigenvalue weighted by Gasteiger charge is 2.27. The minimum absolute atomic E-state index is 0.170. The molecule has 0 atom stereocenters. The van der Waals surface area contributed by atoms with Crippen LogP contribution in [0.3, 0.4) is 0 Å². The SMILES string of the molecule is O=C(c1ccc(Sc2ccc(F)cc2)c([N+](=O)[O-])c1)N1CCCSC1=Nc1ccccc1. The van der Waals surface area contributed by atoms with E-state index in [0.717, 1.165) is 29.6 Å². The lowest BCUT2D eigenvalue weighted by Gasteiger charge is -2.27. The van der Waals surface area contributed by atoms with Crippen molar-refractivity contribution in [2.24, 2.45) is 4.99 Å². The number of nitrogens with zero attached hydrogens (tertiary/aromatic N) is 3. The van der Waals surface area contributed by atoms with Gasteiger partial charge in [-0.2, -0.15) is 0 Å². The zero-order chi connectivity index (χ0) is 22.5. The number of para-hydroxylation sites is 1. The number of carbonyl (C=O) groups excluding carboxylic acids is 1. The molecule has 1 amide bonds. The standard InChI is InChI=1S/C23H18FN3O3S2/c24-17-8-10-19(11-9-17)32-21-12-7-16(15-20(21)27(29)30)22(28)26-13-4-14-31-23(26)25-18-5-2-1-3-6-18/h1-3,5-12,15H,4,13-14H2. The van der Waals surface area contributed by atoms with Gasteiger partial charge in [0.2, 0.25) is 0 Å². The summed E-state index contributed by atoms with van der Waals surface area (Å²) in [5.41, 5.74) is 0.798. The summed E-state index contributed by atoms with van der Waals surface area (Å²) in [6.07, 6.45) is 0.810. The van der Waals surface area contributed by atoms with Gasteiger partial charge in [0.05, 0.1) is 15.5 Å². The molecule has 0 bridgehead atoms. The Bertz CT molecular complexity index is 1170. The Morgan fingerprint density at radius 3 is 2.56 bits per heavy atom. The van der Waals surface area contributed by atoms with Crippen molar-refractivity contribution >= 4 is 46.0 Å². The molecule has 1 aliphatic heterocycles. The number of halogens is 1. The van der Waals surface area contributed by atoms with Gasteiger partial charge in [-0.3, -0.25) is 19.8 Å². The molecule has 0 aromatic heterocycles. The molecule has 4 rings (SSSR count). The van der Waals surface area contributed by atoms with Crippen molar-refractivity contribution in [2.75, 3.05) is 12.3 Å². The van der Waals surface area contributed by atoms with E-state index in [0.29, 0.717) is 21.5 Å². The smallest absolute Gasteiger partial charge is 0.284 e. The summed E-state index contributed by atoms with van der Waals surface area (Å²) in [7, 11) is 0. The second-order valence-corrected chi connectivity index (χ2v) is 9.06. The Kier molecular flexibility index (Phi) is 6.87. The van der Waals surface area contributed by atoms with Gasteiger partial charge in [-0.1, -0.05) is 41.7 Å². The third-order valence-corrected chi connectivity index (χ3v) is 6.79. The molecule has 0 saturated carbocycles. The lowest BCUT2D eigenvalue weighted by Crippen LogP contribution is -2.39. The zero-order valence-electron chi connectivity index (χ0n) is 16.8. The van der Waals surface area contributed by atoms with Crippen molar-refractivity contribution in [3.8, 4) is 0 Å². The fourth-order valence-corrected chi connectivity index (χ4v) is 4.97. The van der Waals surface area contributed by atoms with Crippen LogP contribution in [0.1, 0.15) is 16.8 Å². The van der Waals surface area contributed by atoms with E-state index >= 15 is 0 Å². The summed E-state index contributed by atoms with van der Waals surface area (Å²) in [4.78, 5) is 31.7. The molecule has 3 aromatic carbocycles. The molecule has 1 heterocycles. The first kappa shape index (κ1) is 22.0. The van der Waals surface area contributed by atoms with Crippen LogP contribution >= 0.6 is 23.5 Å². The molecule has 0 aliphatic carbocycles. The molecule has 1 aliphatic rings. The van der Waals surface area contributed by atoms with Crippen molar-refractivity contribution in [3.05, 3.63) is 94.3 Å². The van der Waals surface area contributed by atoms with E-state index in [-0.39, 0.29) is 23.0 Å². The van der Waals surface area contributed by atoms with E-state index < -0.39 is 4.92 Å². The average molecular weight is 468 g/mol. The number of thioether (sulfide) groups is 1. The van der Waals surface area contributed by atoms with Gasteiger partial charge in [-0.25, -0.2) is 9.38 Å². The van der Waals surface area contributed by atoms with Gasteiger partial charge in [0.1, 0.15) is 5.82 Å². The minimum atomic E-state index is -0.507. The van der Waals surface area contributed by atoms with Gasteiger partial charge in [0.25, 0.3) is 11.6 Å². The van der Waals surface area contributed by atoms with E-state index in [1.54, 1.807) is 29.2 Å². The summed E-state index contributed by atoms with van der Waals surface area (Å²) in [5.74, 6) is 0.147. The Hall–Kier alpha value is -3.17. The van der Waals surface area contributed by atoms with Crippen molar-refractivity contribution < 1.29 is 14.1 Å². The van der Waals surface area contributed by atoms with Crippen molar-refractivity contribution in [1.29, 1.82) is 0 Å². The zero-order valence-corrected chi connectivity index (χ0v) is 18.4. The molecule has 0 spiro atoms. The molecule has 6 nitrogen and oxygen atoms in total. The number of nitro benzene ring substituents is 1. The summed E-state index contributed by atoms with van der Waals surface area (Å²) < 4.78 is 13.1. The quantitative estimate of drug-likeness (QED) is 0.332. The highest BCUT2D eigenvalue weighted by Crippen LogP contribution is 2.36. The minimum Gasteiger partial charge on any atom is -0.287 e. The topological polar surface area (TPSA) is 75.8 Å². The van der Waals surface area contributed by atoms with Crippen LogP contribution in [0.15, 0.2) is 87.6 Å². The number of hydrogen-bond donors (Lipinski definition) is 0. The van der Waals surface area contributed by atoms with Gasteiger partial charge in [0.15, 0.2) is 5.17 Å². The molecule has 1 saturated heterocycles. The van der Waals surface area contributed by atoms with Crippen LogP contribution in [-0.2, 0) is 0 Å². The Morgan fingerprint density at radius 2 is 1.84 bits per heavy atom. The van der Waals surface area contributed by atoms with Crippen molar-refractivity contribution in [1.82, 2.24) is 4.90 Å². The maximum absolute atomic E-state index is 13.2. The predicted octanol–water partition coefficient (Wildman–Crippen LogP) is 6.15. The van der Waals surface area contributed by atoms with E-state index in [9.17, 15) is 19.3 Å². The summed E-state index contributed by atoms with van der Waals surface area (Å²) in [5, 5.41) is 12.3. The van der Waals surface area contributed by atoms with Crippen molar-refractivity contribution in [2.45, 2.75) is 16.2 Å². The molecule has 32 heavy (non-hydrogen) atoms. The van der Waals surface area contributed by atoms with E-state index in [1.165, 1.54) is 30.0 Å². The highest BCUT2D eigenvalue weighted by atomic mass is 32.2. The predicted molar refractivity (Wildman–Crippen MR) is 125 cm³/mol. The van der Waals surface area contributed by atoms with Crippen LogP contribution in [0.5, 0.6) is 0 Å². The fourth-order valence-electron chi connectivity index (χ4n) is 3.12. The van der Waals surface area contributed by atoms with Crippen LogP contribution in [0.25, 0.3) is 0 Å².